The number of rotatable bonds is 5. The van der Waals surface area contributed by atoms with E-state index in [1.165, 1.54) is 6.07 Å². The van der Waals surface area contributed by atoms with Gasteiger partial charge in [0.25, 0.3) is 0 Å². The summed E-state index contributed by atoms with van der Waals surface area (Å²) in [5.74, 6) is 0.0108. The van der Waals surface area contributed by atoms with Gasteiger partial charge < -0.3 is 15.5 Å². The predicted molar refractivity (Wildman–Crippen MR) is 90.1 cm³/mol. The van der Waals surface area contributed by atoms with E-state index in [-0.39, 0.29) is 17.6 Å². The number of carbonyl (C=O) groups excluding carboxylic acids is 2. The summed E-state index contributed by atoms with van der Waals surface area (Å²) in [6, 6.07) is 6.29. The van der Waals surface area contributed by atoms with Crippen LogP contribution in [-0.4, -0.2) is 36.0 Å². The first-order chi connectivity index (χ1) is 11.6. The lowest BCUT2D eigenvalue weighted by Gasteiger charge is -2.32. The third-order valence-electron chi connectivity index (χ3n) is 4.64. The highest BCUT2D eigenvalue weighted by Crippen LogP contribution is 2.23. The molecule has 1 aromatic rings. The molecule has 2 N–H and O–H groups in total. The molecule has 5 nitrogen and oxygen atoms in total. The van der Waals surface area contributed by atoms with E-state index in [2.05, 4.69) is 10.6 Å². The zero-order valence-electron chi connectivity index (χ0n) is 13.8. The summed E-state index contributed by atoms with van der Waals surface area (Å²) in [6.45, 7) is 1.29. The minimum atomic E-state index is -0.434. The molecule has 24 heavy (non-hydrogen) atoms. The van der Waals surface area contributed by atoms with Gasteiger partial charge in [0, 0.05) is 25.6 Å². The molecule has 2 aliphatic rings. The number of benzene rings is 1. The number of likely N-dealkylation sites (tertiary alicyclic amines) is 1. The highest BCUT2D eigenvalue weighted by Gasteiger charge is 2.26. The van der Waals surface area contributed by atoms with Crippen molar-refractivity contribution >= 4 is 17.6 Å². The molecule has 0 aromatic heterocycles. The van der Waals surface area contributed by atoms with Gasteiger partial charge in [-0.3, -0.25) is 4.79 Å². The molecule has 1 atom stereocenters. The van der Waals surface area contributed by atoms with Crippen molar-refractivity contribution in [3.63, 3.8) is 0 Å². The molecule has 0 radical (unpaired) electrons. The number of nitrogens with zero attached hydrogens (tertiary/aromatic N) is 1. The Balaban J connectivity index is 1.46. The van der Waals surface area contributed by atoms with Gasteiger partial charge in [-0.15, -0.1) is 0 Å². The topological polar surface area (TPSA) is 61.4 Å². The second-order valence-corrected chi connectivity index (χ2v) is 6.74. The third-order valence-corrected chi connectivity index (χ3v) is 4.64. The molecule has 6 heteroatoms. The molecule has 1 heterocycles. The van der Waals surface area contributed by atoms with Crippen LogP contribution in [0.15, 0.2) is 24.3 Å². The highest BCUT2D eigenvalue weighted by molar-refractivity contribution is 5.89. The number of nitrogens with one attached hydrogen (secondary N) is 2. The summed E-state index contributed by atoms with van der Waals surface area (Å²) in [7, 11) is 0. The molecule has 1 saturated heterocycles. The number of hydrogen-bond donors (Lipinski definition) is 2. The minimum Gasteiger partial charge on any atom is -0.353 e. The fourth-order valence-electron chi connectivity index (χ4n) is 3.10. The van der Waals surface area contributed by atoms with Crippen molar-refractivity contribution in [2.75, 3.05) is 18.4 Å². The van der Waals surface area contributed by atoms with Crippen LogP contribution in [0.3, 0.4) is 0 Å². The van der Waals surface area contributed by atoms with E-state index < -0.39 is 5.82 Å². The van der Waals surface area contributed by atoms with E-state index in [0.29, 0.717) is 31.5 Å². The van der Waals surface area contributed by atoms with Crippen LogP contribution >= 0.6 is 0 Å². The molecule has 1 saturated carbocycles. The van der Waals surface area contributed by atoms with Crippen molar-refractivity contribution in [2.24, 2.45) is 5.92 Å². The van der Waals surface area contributed by atoms with Crippen molar-refractivity contribution < 1.29 is 14.0 Å². The number of piperidine rings is 1. The van der Waals surface area contributed by atoms with E-state index in [1.807, 2.05) is 0 Å². The van der Waals surface area contributed by atoms with Crippen LogP contribution in [0, 0.1) is 11.7 Å². The van der Waals surface area contributed by atoms with Gasteiger partial charge in [-0.05, 0) is 50.2 Å². The van der Waals surface area contributed by atoms with Crippen molar-refractivity contribution in [2.45, 2.75) is 44.6 Å². The van der Waals surface area contributed by atoms with E-state index in [1.54, 1.807) is 23.1 Å². The monoisotopic (exact) mass is 333 g/mol. The van der Waals surface area contributed by atoms with Gasteiger partial charge in [0.1, 0.15) is 5.82 Å². The maximum absolute atomic E-state index is 13.6. The van der Waals surface area contributed by atoms with Crippen molar-refractivity contribution in [3.8, 4) is 0 Å². The molecule has 2 fully saturated rings. The van der Waals surface area contributed by atoms with Crippen LogP contribution < -0.4 is 10.6 Å². The Morgan fingerprint density at radius 1 is 1.21 bits per heavy atom. The molecule has 130 valence electrons. The van der Waals surface area contributed by atoms with Crippen LogP contribution in [0.25, 0.3) is 0 Å². The van der Waals surface area contributed by atoms with Gasteiger partial charge in [-0.25, -0.2) is 9.18 Å². The SMILES string of the molecule is O=C(CC[C@@H]1CCCN(C(=O)Nc2ccccc2F)C1)NC1CC1. The van der Waals surface area contributed by atoms with E-state index >= 15 is 0 Å². The second kappa shape index (κ2) is 7.64. The van der Waals surface area contributed by atoms with E-state index in [4.69, 9.17) is 0 Å². The largest absolute Gasteiger partial charge is 0.353 e. The van der Waals surface area contributed by atoms with Crippen molar-refractivity contribution in [3.05, 3.63) is 30.1 Å². The van der Waals surface area contributed by atoms with E-state index in [9.17, 15) is 14.0 Å². The zero-order valence-corrected chi connectivity index (χ0v) is 13.8. The van der Waals surface area contributed by atoms with Gasteiger partial charge >= 0.3 is 6.03 Å². The number of hydrogen-bond acceptors (Lipinski definition) is 2. The van der Waals surface area contributed by atoms with Crippen LogP contribution in [0.5, 0.6) is 0 Å². The number of urea groups is 1. The molecule has 1 aromatic carbocycles. The quantitative estimate of drug-likeness (QED) is 0.870. The lowest BCUT2D eigenvalue weighted by Crippen LogP contribution is -2.42. The Labute approximate surface area is 141 Å². The molecule has 3 rings (SSSR count). The van der Waals surface area contributed by atoms with Crippen molar-refractivity contribution in [1.82, 2.24) is 10.2 Å². The first-order valence-electron chi connectivity index (χ1n) is 8.71. The number of halogens is 1. The van der Waals surface area contributed by atoms with Crippen LogP contribution in [0.1, 0.15) is 38.5 Å². The van der Waals surface area contributed by atoms with Gasteiger partial charge in [-0.1, -0.05) is 12.1 Å². The smallest absolute Gasteiger partial charge is 0.321 e. The van der Waals surface area contributed by atoms with Gasteiger partial charge in [0.15, 0.2) is 0 Å². The Kier molecular flexibility index (Phi) is 5.33. The predicted octanol–water partition coefficient (Wildman–Crippen LogP) is 3.13. The number of anilines is 1. The Morgan fingerprint density at radius 2 is 2.00 bits per heavy atom. The summed E-state index contributed by atoms with van der Waals surface area (Å²) >= 11 is 0. The number of para-hydroxylation sites is 1. The Morgan fingerprint density at radius 3 is 2.75 bits per heavy atom. The average Bonchev–Trinajstić information content (AvgIpc) is 3.39. The molecule has 1 aliphatic heterocycles. The molecule has 3 amide bonds. The first kappa shape index (κ1) is 16.7. The average molecular weight is 333 g/mol. The van der Waals surface area contributed by atoms with Crippen LogP contribution in [0.4, 0.5) is 14.9 Å². The summed E-state index contributed by atoms with van der Waals surface area (Å²) in [5.41, 5.74) is 0.202. The van der Waals surface area contributed by atoms with Gasteiger partial charge in [-0.2, -0.15) is 0 Å². The lowest BCUT2D eigenvalue weighted by atomic mass is 9.93. The molecule has 0 spiro atoms. The highest BCUT2D eigenvalue weighted by atomic mass is 19.1. The molecule has 0 unspecified atom stereocenters. The van der Waals surface area contributed by atoms with Crippen LogP contribution in [0.2, 0.25) is 0 Å². The molecular weight excluding hydrogens is 309 g/mol. The Bertz CT molecular complexity index is 604. The molecular formula is C18H24FN3O2. The minimum absolute atomic E-state index is 0.116. The summed E-state index contributed by atoms with van der Waals surface area (Å²) in [5, 5.41) is 5.63. The van der Waals surface area contributed by atoms with E-state index in [0.717, 1.165) is 32.1 Å². The van der Waals surface area contributed by atoms with Crippen molar-refractivity contribution in [1.29, 1.82) is 0 Å². The molecule has 1 aliphatic carbocycles. The Hall–Kier alpha value is -2.11. The summed E-state index contributed by atoms with van der Waals surface area (Å²) in [4.78, 5) is 25.8. The van der Waals surface area contributed by atoms with Gasteiger partial charge in [0.05, 0.1) is 5.69 Å². The zero-order chi connectivity index (χ0) is 16.9. The summed E-state index contributed by atoms with van der Waals surface area (Å²) < 4.78 is 13.6. The standard InChI is InChI=1S/C18H24FN3O2/c19-15-5-1-2-6-16(15)21-18(24)22-11-3-4-13(12-22)7-10-17(23)20-14-8-9-14/h1-2,5-6,13-14H,3-4,7-12H2,(H,20,23)(H,21,24)/t13-/m0/s1. The fraction of sp³-hybridized carbons (Fsp3) is 0.556. The van der Waals surface area contributed by atoms with Gasteiger partial charge in [0.2, 0.25) is 5.91 Å². The fourth-order valence-corrected chi connectivity index (χ4v) is 3.10. The third kappa shape index (κ3) is 4.69. The maximum atomic E-state index is 13.6. The number of amides is 3. The molecule has 0 bridgehead atoms. The van der Waals surface area contributed by atoms with Crippen LogP contribution in [-0.2, 0) is 4.79 Å². The number of carbonyl (C=O) groups is 2. The maximum Gasteiger partial charge on any atom is 0.321 e. The second-order valence-electron chi connectivity index (χ2n) is 6.74. The first-order valence-corrected chi connectivity index (χ1v) is 8.71. The summed E-state index contributed by atoms with van der Waals surface area (Å²) in [6.07, 6.45) is 5.45. The normalized spacial score (nSPS) is 20.5. The lowest BCUT2D eigenvalue weighted by molar-refractivity contribution is -0.121.